The van der Waals surface area contributed by atoms with Gasteiger partial charge in [0, 0.05) is 10.3 Å². The predicted octanol–water partition coefficient (Wildman–Crippen LogP) is 3.75. The Morgan fingerprint density at radius 2 is 2.12 bits per heavy atom. The summed E-state index contributed by atoms with van der Waals surface area (Å²) >= 11 is 3.04. The van der Waals surface area contributed by atoms with Crippen molar-refractivity contribution >= 4 is 39.6 Å². The zero-order chi connectivity index (χ0) is 17.1. The van der Waals surface area contributed by atoms with Gasteiger partial charge >= 0.3 is 5.97 Å². The number of ether oxygens (including phenoxy) is 1. The summed E-state index contributed by atoms with van der Waals surface area (Å²) in [7, 11) is 0. The summed E-state index contributed by atoms with van der Waals surface area (Å²) in [6.07, 6.45) is 4.26. The van der Waals surface area contributed by atoms with Crippen LogP contribution in [0.25, 0.3) is 0 Å². The highest BCUT2D eigenvalue weighted by atomic mass is 32.1. The second kappa shape index (κ2) is 7.44. The number of esters is 1. The van der Waals surface area contributed by atoms with E-state index in [1.807, 2.05) is 12.3 Å². The van der Waals surface area contributed by atoms with Gasteiger partial charge in [-0.3, -0.25) is 4.79 Å². The number of hydrogen-bond donors (Lipinski definition) is 1. The van der Waals surface area contributed by atoms with Crippen molar-refractivity contribution in [1.82, 2.24) is 4.98 Å². The zero-order valence-corrected chi connectivity index (χ0v) is 15.4. The molecular formula is C17H20N2O3S2. The maximum Gasteiger partial charge on any atom is 0.341 e. The number of carbonyl (C=O) groups is 2. The lowest BCUT2D eigenvalue weighted by molar-refractivity contribution is -0.115. The van der Waals surface area contributed by atoms with Crippen LogP contribution in [0, 0.1) is 6.92 Å². The van der Waals surface area contributed by atoms with E-state index >= 15 is 0 Å². The standard InChI is InChI=1S/C17H20N2O3S2/c1-3-22-17(21)15-12-6-4-5-7-13(12)24-16(15)19-14(20)8-11-9-23-10(2)18-11/h9H,3-8H2,1-2H3,(H,19,20). The fraction of sp³-hybridized carbons (Fsp3) is 0.471. The first kappa shape index (κ1) is 17.1. The van der Waals surface area contributed by atoms with E-state index < -0.39 is 0 Å². The number of aryl methyl sites for hydroxylation is 2. The minimum Gasteiger partial charge on any atom is -0.462 e. The topological polar surface area (TPSA) is 68.3 Å². The van der Waals surface area contributed by atoms with E-state index in [-0.39, 0.29) is 18.3 Å². The summed E-state index contributed by atoms with van der Waals surface area (Å²) in [5.74, 6) is -0.485. The van der Waals surface area contributed by atoms with E-state index in [0.717, 1.165) is 41.9 Å². The molecule has 2 heterocycles. The fourth-order valence-electron chi connectivity index (χ4n) is 2.90. The van der Waals surface area contributed by atoms with Crippen molar-refractivity contribution < 1.29 is 14.3 Å². The van der Waals surface area contributed by atoms with Crippen LogP contribution in [0.15, 0.2) is 5.38 Å². The second-order valence-corrected chi connectivity index (χ2v) is 7.89. The van der Waals surface area contributed by atoms with Gasteiger partial charge in [-0.05, 0) is 45.1 Å². The van der Waals surface area contributed by atoms with Crippen molar-refractivity contribution in [1.29, 1.82) is 0 Å². The molecule has 1 amide bonds. The molecule has 0 radical (unpaired) electrons. The van der Waals surface area contributed by atoms with E-state index in [9.17, 15) is 9.59 Å². The number of carbonyl (C=O) groups excluding carboxylic acids is 2. The fourth-order valence-corrected chi connectivity index (χ4v) is 4.80. The summed E-state index contributed by atoms with van der Waals surface area (Å²) in [4.78, 5) is 30.2. The molecule has 0 fully saturated rings. The minimum absolute atomic E-state index is 0.149. The van der Waals surface area contributed by atoms with Crippen LogP contribution in [-0.4, -0.2) is 23.5 Å². The van der Waals surface area contributed by atoms with Gasteiger partial charge in [-0.15, -0.1) is 22.7 Å². The van der Waals surface area contributed by atoms with Gasteiger partial charge in [-0.25, -0.2) is 9.78 Å². The summed E-state index contributed by atoms with van der Waals surface area (Å²) in [5.41, 5.74) is 2.37. The molecule has 0 atom stereocenters. The van der Waals surface area contributed by atoms with Crippen LogP contribution in [0.3, 0.4) is 0 Å². The Kier molecular flexibility index (Phi) is 5.30. The van der Waals surface area contributed by atoms with Crippen molar-refractivity contribution in [2.75, 3.05) is 11.9 Å². The minimum atomic E-state index is -0.336. The van der Waals surface area contributed by atoms with Gasteiger partial charge in [0.2, 0.25) is 5.91 Å². The molecule has 24 heavy (non-hydrogen) atoms. The van der Waals surface area contributed by atoms with Gasteiger partial charge < -0.3 is 10.1 Å². The maximum atomic E-state index is 12.4. The number of rotatable bonds is 5. The van der Waals surface area contributed by atoms with E-state index in [2.05, 4.69) is 10.3 Å². The monoisotopic (exact) mass is 364 g/mol. The van der Waals surface area contributed by atoms with Gasteiger partial charge in [0.15, 0.2) is 0 Å². The Morgan fingerprint density at radius 1 is 1.33 bits per heavy atom. The number of hydrogen-bond acceptors (Lipinski definition) is 6. The largest absolute Gasteiger partial charge is 0.462 e. The third kappa shape index (κ3) is 3.67. The van der Waals surface area contributed by atoms with E-state index in [0.29, 0.717) is 17.2 Å². The number of fused-ring (bicyclic) bond motifs is 1. The Balaban J connectivity index is 1.82. The molecule has 1 aliphatic rings. The Labute approximate surface area is 149 Å². The van der Waals surface area contributed by atoms with E-state index in [1.54, 1.807) is 6.92 Å². The first-order valence-corrected chi connectivity index (χ1v) is 9.80. The first-order chi connectivity index (χ1) is 11.6. The lowest BCUT2D eigenvalue weighted by atomic mass is 9.95. The molecule has 0 spiro atoms. The third-order valence-corrected chi connectivity index (χ3v) is 5.94. The number of nitrogens with one attached hydrogen (secondary N) is 1. The van der Waals surface area contributed by atoms with Crippen LogP contribution in [0.4, 0.5) is 5.00 Å². The van der Waals surface area contributed by atoms with E-state index in [1.165, 1.54) is 27.6 Å². The van der Waals surface area contributed by atoms with Crippen LogP contribution in [0.5, 0.6) is 0 Å². The van der Waals surface area contributed by atoms with Gasteiger partial charge in [-0.2, -0.15) is 0 Å². The number of aromatic nitrogens is 1. The third-order valence-electron chi connectivity index (χ3n) is 3.91. The molecule has 5 nitrogen and oxygen atoms in total. The Morgan fingerprint density at radius 3 is 2.83 bits per heavy atom. The summed E-state index contributed by atoms with van der Waals surface area (Å²) in [6.45, 7) is 4.03. The molecule has 0 unspecified atom stereocenters. The SMILES string of the molecule is CCOC(=O)c1c(NC(=O)Cc2csc(C)n2)sc2c1CCCC2. The number of thiazole rings is 1. The molecule has 0 saturated carbocycles. The molecule has 128 valence electrons. The van der Waals surface area contributed by atoms with Gasteiger partial charge in [0.25, 0.3) is 0 Å². The van der Waals surface area contributed by atoms with Crippen LogP contribution in [0.2, 0.25) is 0 Å². The summed E-state index contributed by atoms with van der Waals surface area (Å²) in [6, 6.07) is 0. The number of thiophene rings is 1. The first-order valence-electron chi connectivity index (χ1n) is 8.11. The summed E-state index contributed by atoms with van der Waals surface area (Å²) in [5, 5.41) is 6.36. The lowest BCUT2D eigenvalue weighted by Crippen LogP contribution is -2.17. The normalized spacial score (nSPS) is 13.4. The van der Waals surface area contributed by atoms with Gasteiger partial charge in [0.05, 0.1) is 29.3 Å². The lowest BCUT2D eigenvalue weighted by Gasteiger charge is -2.12. The predicted molar refractivity (Wildman–Crippen MR) is 96.1 cm³/mol. The average Bonchev–Trinajstić information content (AvgIpc) is 3.10. The van der Waals surface area contributed by atoms with Crippen LogP contribution in [-0.2, 0) is 28.8 Å². The molecule has 3 rings (SSSR count). The molecule has 7 heteroatoms. The molecule has 2 aromatic rings. The number of amides is 1. The van der Waals surface area contributed by atoms with Crippen LogP contribution >= 0.6 is 22.7 Å². The summed E-state index contributed by atoms with van der Waals surface area (Å²) < 4.78 is 5.20. The molecular weight excluding hydrogens is 344 g/mol. The van der Waals surface area contributed by atoms with Crippen molar-refractivity contribution in [2.24, 2.45) is 0 Å². The number of nitrogens with zero attached hydrogens (tertiary/aromatic N) is 1. The Bertz CT molecular complexity index is 764. The molecule has 2 aromatic heterocycles. The van der Waals surface area contributed by atoms with Gasteiger partial charge in [-0.1, -0.05) is 0 Å². The average molecular weight is 364 g/mol. The highest BCUT2D eigenvalue weighted by Gasteiger charge is 2.27. The highest BCUT2D eigenvalue weighted by Crippen LogP contribution is 2.38. The number of anilines is 1. The van der Waals surface area contributed by atoms with Gasteiger partial charge in [0.1, 0.15) is 5.00 Å². The zero-order valence-electron chi connectivity index (χ0n) is 13.8. The van der Waals surface area contributed by atoms with E-state index in [4.69, 9.17) is 4.74 Å². The molecule has 0 aromatic carbocycles. The molecule has 0 bridgehead atoms. The van der Waals surface area contributed by atoms with Crippen molar-refractivity contribution in [2.45, 2.75) is 46.0 Å². The molecule has 0 saturated heterocycles. The quantitative estimate of drug-likeness (QED) is 0.821. The molecule has 1 aliphatic carbocycles. The maximum absolute atomic E-state index is 12.4. The highest BCUT2D eigenvalue weighted by molar-refractivity contribution is 7.17. The second-order valence-electron chi connectivity index (χ2n) is 5.72. The van der Waals surface area contributed by atoms with Crippen LogP contribution in [0.1, 0.15) is 51.3 Å². The smallest absolute Gasteiger partial charge is 0.341 e. The van der Waals surface area contributed by atoms with Crippen molar-refractivity contribution in [3.8, 4) is 0 Å². The van der Waals surface area contributed by atoms with Crippen molar-refractivity contribution in [3.63, 3.8) is 0 Å². The molecule has 1 N–H and O–H groups in total. The van der Waals surface area contributed by atoms with Crippen molar-refractivity contribution in [3.05, 3.63) is 32.1 Å². The molecule has 0 aliphatic heterocycles. The Hall–Kier alpha value is -1.73. The van der Waals surface area contributed by atoms with Crippen LogP contribution < -0.4 is 5.32 Å².